The first-order valence-corrected chi connectivity index (χ1v) is 5.01. The van der Waals surface area contributed by atoms with Gasteiger partial charge in [-0.2, -0.15) is 4.98 Å². The highest BCUT2D eigenvalue weighted by atomic mass is 16.5. The molecule has 0 aliphatic rings. The Hall–Kier alpha value is -2.57. The summed E-state index contributed by atoms with van der Waals surface area (Å²) in [6.45, 7) is -0.0271. The molecule has 1 aromatic heterocycles. The Morgan fingerprint density at radius 3 is 2.94 bits per heavy atom. The third-order valence-electron chi connectivity index (χ3n) is 2.18. The molecule has 0 fully saturated rings. The second kappa shape index (κ2) is 5.17. The molecule has 0 radical (unpaired) electrons. The van der Waals surface area contributed by atoms with Gasteiger partial charge in [-0.15, -0.1) is 0 Å². The first-order valence-electron chi connectivity index (χ1n) is 5.01. The lowest BCUT2D eigenvalue weighted by molar-refractivity contribution is 0.0690. The van der Waals surface area contributed by atoms with Crippen molar-refractivity contribution in [2.75, 3.05) is 7.11 Å². The van der Waals surface area contributed by atoms with Gasteiger partial charge in [0.15, 0.2) is 24.4 Å². The van der Waals surface area contributed by atoms with E-state index in [2.05, 4.69) is 10.1 Å². The van der Waals surface area contributed by atoms with Crippen LogP contribution in [0.4, 0.5) is 0 Å². The van der Waals surface area contributed by atoms with Crippen molar-refractivity contribution in [1.29, 1.82) is 0 Å². The molecule has 1 heterocycles. The van der Waals surface area contributed by atoms with Gasteiger partial charge in [0.2, 0.25) is 0 Å². The number of hydrogen-bond acceptors (Lipinski definition) is 6. The summed E-state index contributed by atoms with van der Waals surface area (Å²) in [6.07, 6.45) is 1.24. The third kappa shape index (κ3) is 2.40. The maximum Gasteiger partial charge on any atom is 0.339 e. The number of aromatic carboxylic acids is 1. The van der Waals surface area contributed by atoms with Crippen molar-refractivity contribution in [1.82, 2.24) is 10.1 Å². The minimum absolute atomic E-state index is 0.00821. The van der Waals surface area contributed by atoms with E-state index in [1.165, 1.54) is 19.5 Å². The monoisotopic (exact) mass is 250 g/mol. The Labute approximate surface area is 102 Å². The molecule has 7 nitrogen and oxygen atoms in total. The minimum atomic E-state index is -1.10. The number of benzene rings is 1. The van der Waals surface area contributed by atoms with Crippen LogP contribution in [0.5, 0.6) is 11.5 Å². The summed E-state index contributed by atoms with van der Waals surface area (Å²) in [4.78, 5) is 14.8. The Kier molecular flexibility index (Phi) is 3.42. The largest absolute Gasteiger partial charge is 0.493 e. The molecule has 18 heavy (non-hydrogen) atoms. The SMILES string of the molecule is COc1cccc(C(=O)O)c1OCc1ncno1. The molecule has 0 saturated carbocycles. The molecular weight excluding hydrogens is 240 g/mol. The lowest BCUT2D eigenvalue weighted by atomic mass is 10.2. The van der Waals surface area contributed by atoms with E-state index in [4.69, 9.17) is 19.1 Å². The van der Waals surface area contributed by atoms with Crippen LogP contribution in [0.2, 0.25) is 0 Å². The zero-order chi connectivity index (χ0) is 13.0. The van der Waals surface area contributed by atoms with Gasteiger partial charge in [-0.05, 0) is 12.1 Å². The van der Waals surface area contributed by atoms with Crippen molar-refractivity contribution < 1.29 is 23.9 Å². The fourth-order valence-electron chi connectivity index (χ4n) is 1.39. The number of carboxylic acids is 1. The topological polar surface area (TPSA) is 94.7 Å². The summed E-state index contributed by atoms with van der Waals surface area (Å²) in [7, 11) is 1.43. The van der Waals surface area contributed by atoms with Gasteiger partial charge in [0, 0.05) is 0 Å². The summed E-state index contributed by atoms with van der Waals surface area (Å²) in [5.41, 5.74) is 0.00821. The van der Waals surface area contributed by atoms with E-state index < -0.39 is 5.97 Å². The van der Waals surface area contributed by atoms with Crippen LogP contribution in [0, 0.1) is 0 Å². The van der Waals surface area contributed by atoms with E-state index in [1.54, 1.807) is 12.1 Å². The number of para-hydroxylation sites is 1. The second-order valence-corrected chi connectivity index (χ2v) is 3.27. The lowest BCUT2D eigenvalue weighted by Crippen LogP contribution is -2.05. The number of hydrogen-bond donors (Lipinski definition) is 1. The first-order chi connectivity index (χ1) is 8.72. The smallest absolute Gasteiger partial charge is 0.339 e. The van der Waals surface area contributed by atoms with Gasteiger partial charge < -0.3 is 19.1 Å². The fraction of sp³-hybridized carbons (Fsp3) is 0.182. The fourth-order valence-corrected chi connectivity index (χ4v) is 1.39. The molecule has 0 bridgehead atoms. The van der Waals surface area contributed by atoms with E-state index in [-0.39, 0.29) is 23.8 Å². The molecule has 0 atom stereocenters. The maximum atomic E-state index is 11.1. The highest BCUT2D eigenvalue weighted by molar-refractivity contribution is 5.92. The zero-order valence-corrected chi connectivity index (χ0v) is 9.49. The van der Waals surface area contributed by atoms with Crippen molar-refractivity contribution in [2.45, 2.75) is 6.61 Å². The van der Waals surface area contributed by atoms with Gasteiger partial charge in [-0.1, -0.05) is 11.2 Å². The number of aromatic nitrogens is 2. The van der Waals surface area contributed by atoms with E-state index in [1.807, 2.05) is 0 Å². The van der Waals surface area contributed by atoms with E-state index in [9.17, 15) is 4.79 Å². The van der Waals surface area contributed by atoms with Crippen LogP contribution in [0.15, 0.2) is 29.0 Å². The highest BCUT2D eigenvalue weighted by Crippen LogP contribution is 2.31. The number of nitrogens with zero attached hydrogens (tertiary/aromatic N) is 2. The summed E-state index contributed by atoms with van der Waals surface area (Å²) >= 11 is 0. The van der Waals surface area contributed by atoms with Gasteiger partial charge in [0.25, 0.3) is 5.89 Å². The Bertz CT molecular complexity index is 538. The second-order valence-electron chi connectivity index (χ2n) is 3.27. The van der Waals surface area contributed by atoms with E-state index in [0.717, 1.165) is 0 Å². The third-order valence-corrected chi connectivity index (χ3v) is 2.18. The summed E-state index contributed by atoms with van der Waals surface area (Å²) in [5.74, 6) is -0.396. The van der Waals surface area contributed by atoms with Crippen LogP contribution in [0.3, 0.4) is 0 Å². The number of carboxylic acid groups (broad SMARTS) is 1. The van der Waals surface area contributed by atoms with Gasteiger partial charge in [0.05, 0.1) is 7.11 Å². The Morgan fingerprint density at radius 1 is 1.50 bits per heavy atom. The zero-order valence-electron chi connectivity index (χ0n) is 9.49. The van der Waals surface area contributed by atoms with Crippen molar-refractivity contribution in [3.05, 3.63) is 36.0 Å². The standard InChI is InChI=1S/C11H10N2O5/c1-16-8-4-2-3-7(11(14)15)10(8)17-5-9-12-6-13-18-9/h2-4,6H,5H2,1H3,(H,14,15). The number of rotatable bonds is 5. The molecular formula is C11H10N2O5. The molecule has 2 rings (SSSR count). The average Bonchev–Trinajstić information content (AvgIpc) is 2.88. The van der Waals surface area contributed by atoms with Crippen LogP contribution >= 0.6 is 0 Å². The predicted octanol–water partition coefficient (Wildman–Crippen LogP) is 1.36. The van der Waals surface area contributed by atoms with Crippen LogP contribution in [0.1, 0.15) is 16.2 Å². The van der Waals surface area contributed by atoms with Crippen molar-refractivity contribution in [3.63, 3.8) is 0 Å². The summed E-state index contributed by atoms with van der Waals surface area (Å²) in [6, 6.07) is 4.60. The molecule has 7 heteroatoms. The van der Waals surface area contributed by atoms with Crippen molar-refractivity contribution in [3.8, 4) is 11.5 Å². The van der Waals surface area contributed by atoms with E-state index >= 15 is 0 Å². The predicted molar refractivity (Wildman–Crippen MR) is 58.6 cm³/mol. The van der Waals surface area contributed by atoms with Gasteiger partial charge in [0.1, 0.15) is 5.56 Å². The molecule has 1 N–H and O–H groups in total. The van der Waals surface area contributed by atoms with Gasteiger partial charge in [-0.3, -0.25) is 0 Å². The molecule has 1 aromatic carbocycles. The Balaban J connectivity index is 2.26. The van der Waals surface area contributed by atoms with Crippen LogP contribution in [-0.4, -0.2) is 28.3 Å². The average molecular weight is 250 g/mol. The maximum absolute atomic E-state index is 11.1. The van der Waals surface area contributed by atoms with Crippen LogP contribution < -0.4 is 9.47 Å². The molecule has 0 aliphatic carbocycles. The molecule has 2 aromatic rings. The lowest BCUT2D eigenvalue weighted by Gasteiger charge is -2.11. The quantitative estimate of drug-likeness (QED) is 0.855. The summed E-state index contributed by atoms with van der Waals surface area (Å²) < 4.78 is 15.2. The van der Waals surface area contributed by atoms with Crippen molar-refractivity contribution >= 4 is 5.97 Å². The first kappa shape index (κ1) is 11.9. The number of ether oxygens (including phenoxy) is 2. The number of carbonyl (C=O) groups is 1. The molecule has 94 valence electrons. The molecule has 0 unspecified atom stereocenters. The van der Waals surface area contributed by atoms with Crippen LogP contribution in [0.25, 0.3) is 0 Å². The molecule has 0 saturated heterocycles. The Morgan fingerprint density at radius 2 is 2.33 bits per heavy atom. The highest BCUT2D eigenvalue weighted by Gasteiger charge is 2.17. The van der Waals surface area contributed by atoms with Gasteiger partial charge >= 0.3 is 5.97 Å². The molecule has 0 amide bonds. The number of methoxy groups -OCH3 is 1. The van der Waals surface area contributed by atoms with Crippen molar-refractivity contribution in [2.24, 2.45) is 0 Å². The molecule has 0 spiro atoms. The van der Waals surface area contributed by atoms with E-state index in [0.29, 0.717) is 5.75 Å². The summed E-state index contributed by atoms with van der Waals surface area (Å²) in [5, 5.41) is 12.5. The normalized spacial score (nSPS) is 10.1. The molecule has 0 aliphatic heterocycles. The van der Waals surface area contributed by atoms with Gasteiger partial charge in [-0.25, -0.2) is 4.79 Å². The van der Waals surface area contributed by atoms with Crippen LogP contribution in [-0.2, 0) is 6.61 Å². The minimum Gasteiger partial charge on any atom is -0.493 e.